The fraction of sp³-hybridized carbons (Fsp3) is 0. The fourth-order valence-electron chi connectivity index (χ4n) is 1.23. The maximum atomic E-state index is 13.1. The van der Waals surface area contributed by atoms with Crippen molar-refractivity contribution >= 4 is 42.4 Å². The zero-order valence-corrected chi connectivity index (χ0v) is 12.3. The lowest BCUT2D eigenvalue weighted by Gasteiger charge is -2.05. The molecule has 1 heterocycles. The molecule has 1 N–H and O–H groups in total. The lowest BCUT2D eigenvalue weighted by atomic mass is 10.2. The topological polar surface area (TPSA) is 82.8 Å². The van der Waals surface area contributed by atoms with Crippen molar-refractivity contribution in [2.24, 2.45) is 0 Å². The van der Waals surface area contributed by atoms with Gasteiger partial charge in [-0.25, -0.2) is 17.8 Å². The molecule has 1 aromatic carbocycles. The molecule has 2 rings (SSSR count). The van der Waals surface area contributed by atoms with Crippen molar-refractivity contribution in [3.63, 3.8) is 0 Å². The van der Waals surface area contributed by atoms with Gasteiger partial charge < -0.3 is 0 Å². The summed E-state index contributed by atoms with van der Waals surface area (Å²) in [5.74, 6) is -0.765. The zero-order valence-electron chi connectivity index (χ0n) is 9.09. The first kappa shape index (κ1) is 13.9. The largest absolute Gasteiger partial charge is 0.263 e. The van der Waals surface area contributed by atoms with Crippen LogP contribution in [0.3, 0.4) is 0 Å². The Hall–Kier alpha value is -1.50. The van der Waals surface area contributed by atoms with Crippen LogP contribution in [0.2, 0.25) is 0 Å². The molecule has 0 atom stereocenters. The molecule has 0 aliphatic carbocycles. The zero-order chi connectivity index (χ0) is 14.0. The van der Waals surface area contributed by atoms with Gasteiger partial charge in [-0.3, -0.25) is 4.72 Å². The number of nitrogens with zero attached hydrogens (tertiary/aromatic N) is 2. The van der Waals surface area contributed by atoms with E-state index in [-0.39, 0.29) is 15.6 Å². The number of sulfonamides is 1. The van der Waals surface area contributed by atoms with Crippen LogP contribution in [0, 0.1) is 17.1 Å². The minimum absolute atomic E-state index is 0.176. The molecule has 0 unspecified atom stereocenters. The highest BCUT2D eigenvalue weighted by atomic mass is 79.9. The van der Waals surface area contributed by atoms with Gasteiger partial charge in [-0.1, -0.05) is 11.3 Å². The molecule has 0 aliphatic rings. The van der Waals surface area contributed by atoms with E-state index in [9.17, 15) is 12.8 Å². The SMILES string of the molecule is N#Cc1cc(S(=O)(=O)Nc2ncc(Br)s2)ccc1F. The monoisotopic (exact) mass is 361 g/mol. The molecule has 19 heavy (non-hydrogen) atoms. The van der Waals surface area contributed by atoms with Gasteiger partial charge in [0.15, 0.2) is 5.13 Å². The maximum Gasteiger partial charge on any atom is 0.263 e. The van der Waals surface area contributed by atoms with Gasteiger partial charge in [-0.05, 0) is 34.1 Å². The summed E-state index contributed by atoms with van der Waals surface area (Å²) < 4.78 is 40.0. The van der Waals surface area contributed by atoms with Crippen LogP contribution in [0.5, 0.6) is 0 Å². The summed E-state index contributed by atoms with van der Waals surface area (Å²) in [5.41, 5.74) is -0.330. The minimum Gasteiger partial charge on any atom is -0.255 e. The third kappa shape index (κ3) is 3.09. The Morgan fingerprint density at radius 3 is 2.79 bits per heavy atom. The Morgan fingerprint density at radius 1 is 1.47 bits per heavy atom. The van der Waals surface area contributed by atoms with Crippen LogP contribution in [-0.2, 0) is 10.0 Å². The van der Waals surface area contributed by atoms with Crippen LogP contribution in [0.1, 0.15) is 5.56 Å². The number of halogens is 2. The average molecular weight is 362 g/mol. The van der Waals surface area contributed by atoms with Crippen LogP contribution >= 0.6 is 27.3 Å². The molecule has 0 fully saturated rings. The molecular formula is C10H5BrFN3O2S2. The van der Waals surface area contributed by atoms with Gasteiger partial charge in [-0.2, -0.15) is 5.26 Å². The molecule has 98 valence electrons. The number of rotatable bonds is 3. The maximum absolute atomic E-state index is 13.1. The Balaban J connectivity index is 2.37. The van der Waals surface area contributed by atoms with Gasteiger partial charge in [0.1, 0.15) is 11.9 Å². The highest BCUT2D eigenvalue weighted by molar-refractivity contribution is 9.11. The van der Waals surface area contributed by atoms with E-state index in [2.05, 4.69) is 25.6 Å². The first-order valence-electron chi connectivity index (χ1n) is 4.76. The number of anilines is 1. The second-order valence-electron chi connectivity index (χ2n) is 3.33. The highest BCUT2D eigenvalue weighted by Crippen LogP contribution is 2.25. The van der Waals surface area contributed by atoms with E-state index in [4.69, 9.17) is 5.26 Å². The molecule has 0 saturated heterocycles. The Morgan fingerprint density at radius 2 is 2.21 bits per heavy atom. The van der Waals surface area contributed by atoms with E-state index in [0.717, 1.165) is 29.5 Å². The number of hydrogen-bond donors (Lipinski definition) is 1. The second kappa shape index (κ2) is 5.24. The van der Waals surface area contributed by atoms with Gasteiger partial charge in [-0.15, -0.1) is 0 Å². The van der Waals surface area contributed by atoms with Crippen LogP contribution < -0.4 is 4.72 Å². The van der Waals surface area contributed by atoms with E-state index < -0.39 is 15.8 Å². The first-order valence-corrected chi connectivity index (χ1v) is 7.85. The lowest BCUT2D eigenvalue weighted by Crippen LogP contribution is -2.13. The average Bonchev–Trinajstić information content (AvgIpc) is 2.74. The van der Waals surface area contributed by atoms with Crippen LogP contribution in [-0.4, -0.2) is 13.4 Å². The third-order valence-corrected chi connectivity index (χ3v) is 4.93. The van der Waals surface area contributed by atoms with E-state index in [1.54, 1.807) is 6.07 Å². The molecule has 1 aromatic heterocycles. The van der Waals surface area contributed by atoms with Crippen molar-refractivity contribution < 1.29 is 12.8 Å². The summed E-state index contributed by atoms with van der Waals surface area (Å²) in [5, 5.41) is 8.86. The van der Waals surface area contributed by atoms with E-state index in [0.29, 0.717) is 3.79 Å². The number of hydrogen-bond acceptors (Lipinski definition) is 5. The van der Waals surface area contributed by atoms with Crippen LogP contribution in [0.4, 0.5) is 9.52 Å². The quantitative estimate of drug-likeness (QED) is 0.910. The van der Waals surface area contributed by atoms with Crippen molar-refractivity contribution in [2.45, 2.75) is 4.90 Å². The first-order chi connectivity index (χ1) is 8.92. The van der Waals surface area contributed by atoms with Crippen LogP contribution in [0.15, 0.2) is 33.1 Å². The van der Waals surface area contributed by atoms with Gasteiger partial charge in [0.25, 0.3) is 10.0 Å². The molecule has 0 saturated carbocycles. The molecule has 0 amide bonds. The summed E-state index contributed by atoms with van der Waals surface area (Å²) in [4.78, 5) is 3.63. The van der Waals surface area contributed by atoms with E-state index >= 15 is 0 Å². The summed E-state index contributed by atoms with van der Waals surface area (Å²) in [6, 6.07) is 4.58. The Kier molecular flexibility index (Phi) is 3.84. The second-order valence-corrected chi connectivity index (χ2v) is 7.42. The molecular weight excluding hydrogens is 357 g/mol. The minimum atomic E-state index is -3.89. The number of nitriles is 1. The van der Waals surface area contributed by atoms with Gasteiger partial charge >= 0.3 is 0 Å². The predicted molar refractivity (Wildman–Crippen MR) is 71.7 cm³/mol. The summed E-state index contributed by atoms with van der Waals surface area (Å²) in [6.07, 6.45) is 1.45. The molecule has 0 aliphatic heterocycles. The smallest absolute Gasteiger partial charge is 0.255 e. The van der Waals surface area contributed by atoms with E-state index in [1.165, 1.54) is 6.20 Å². The predicted octanol–water partition coefficient (Wildman–Crippen LogP) is 2.72. The van der Waals surface area contributed by atoms with Crippen molar-refractivity contribution in [1.82, 2.24) is 4.98 Å². The van der Waals surface area contributed by atoms with Gasteiger partial charge in [0.2, 0.25) is 0 Å². The fourth-order valence-corrected chi connectivity index (χ4v) is 3.61. The number of aromatic nitrogens is 1. The van der Waals surface area contributed by atoms with E-state index in [1.807, 2.05) is 0 Å². The summed E-state index contributed by atoms with van der Waals surface area (Å²) in [7, 11) is -3.89. The normalized spacial score (nSPS) is 11.0. The van der Waals surface area contributed by atoms with Crippen molar-refractivity contribution in [3.05, 3.63) is 39.6 Å². The third-order valence-electron chi connectivity index (χ3n) is 2.07. The highest BCUT2D eigenvalue weighted by Gasteiger charge is 2.18. The van der Waals surface area contributed by atoms with Gasteiger partial charge in [0.05, 0.1) is 20.4 Å². The summed E-state index contributed by atoms with van der Waals surface area (Å²) in [6.45, 7) is 0. The Labute approximate surface area is 120 Å². The summed E-state index contributed by atoms with van der Waals surface area (Å²) >= 11 is 4.26. The molecule has 0 spiro atoms. The molecule has 0 bridgehead atoms. The molecule has 9 heteroatoms. The number of benzene rings is 1. The van der Waals surface area contributed by atoms with Crippen molar-refractivity contribution in [2.75, 3.05) is 4.72 Å². The Bertz CT molecular complexity index is 767. The molecule has 2 aromatic rings. The molecule has 0 radical (unpaired) electrons. The van der Waals surface area contributed by atoms with Crippen molar-refractivity contribution in [3.8, 4) is 6.07 Å². The standard InChI is InChI=1S/C10H5BrFN3O2S2/c11-9-5-14-10(18-9)15-19(16,17)7-1-2-8(12)6(3-7)4-13/h1-3,5H,(H,14,15). The number of thiazole rings is 1. The number of nitrogens with one attached hydrogen (secondary N) is 1. The van der Waals surface area contributed by atoms with Crippen LogP contribution in [0.25, 0.3) is 0 Å². The van der Waals surface area contributed by atoms with Crippen molar-refractivity contribution in [1.29, 1.82) is 5.26 Å². The lowest BCUT2D eigenvalue weighted by molar-refractivity contribution is 0.599. The van der Waals surface area contributed by atoms with Gasteiger partial charge in [0, 0.05) is 0 Å². The molecule has 5 nitrogen and oxygen atoms in total.